The van der Waals surface area contributed by atoms with Gasteiger partial charge in [0.15, 0.2) is 0 Å². The van der Waals surface area contributed by atoms with E-state index in [9.17, 15) is 23.1 Å². The van der Waals surface area contributed by atoms with Crippen LogP contribution in [-0.4, -0.2) is 34.0 Å². The molecule has 0 amide bonds. The van der Waals surface area contributed by atoms with Crippen molar-refractivity contribution in [1.29, 1.82) is 0 Å². The number of halogens is 5. The summed E-state index contributed by atoms with van der Waals surface area (Å²) in [6.45, 7) is 2.94. The Morgan fingerprint density at radius 2 is 1.77 bits per heavy atom. The van der Waals surface area contributed by atoms with Crippen LogP contribution in [0.25, 0.3) is 0 Å². The lowest BCUT2D eigenvalue weighted by Gasteiger charge is -2.41. The highest BCUT2D eigenvalue weighted by molar-refractivity contribution is 8.00. The Labute approximate surface area is 185 Å². The number of carbonyl (C=O) groups is 1. The topological polar surface area (TPSA) is 58.9 Å². The second-order valence-corrected chi connectivity index (χ2v) is 9.04. The van der Waals surface area contributed by atoms with Crippen molar-refractivity contribution in [2.75, 3.05) is 6.26 Å². The van der Waals surface area contributed by atoms with E-state index in [1.807, 2.05) is 0 Å². The number of alkyl halides is 3. The molecular weight excluding hydrogens is 462 g/mol. The van der Waals surface area contributed by atoms with Crippen LogP contribution in [0, 0.1) is 6.92 Å². The van der Waals surface area contributed by atoms with Gasteiger partial charge in [0.2, 0.25) is 0 Å². The third kappa shape index (κ3) is 3.35. The predicted octanol–water partition coefficient (Wildman–Crippen LogP) is 6.31. The molecule has 3 rings (SSSR count). The number of oxime groups is 1. The van der Waals surface area contributed by atoms with E-state index < -0.39 is 22.5 Å². The number of aryl methyl sites for hydroxylation is 1. The number of hydrogen-bond donors (Lipinski definition) is 1. The van der Waals surface area contributed by atoms with Crippen LogP contribution in [0.4, 0.5) is 13.2 Å². The maximum absolute atomic E-state index is 14.6. The standard InChI is InChI=1S/C20H16Cl2F3NO3S/c1-10-6-11(4-5-15(10)17(27)28)16-18(2,30-3)19(29-26-16,20(23,24)25)12-7-13(21)9-14(22)8-12/h4-9H,1-3H3,(H,27,28). The average Bonchev–Trinajstić information content (AvgIpc) is 2.95. The normalized spacial score (nSPS) is 23.8. The molecule has 0 radical (unpaired) electrons. The summed E-state index contributed by atoms with van der Waals surface area (Å²) in [7, 11) is 0. The van der Waals surface area contributed by atoms with Crippen molar-refractivity contribution in [2.24, 2.45) is 5.16 Å². The van der Waals surface area contributed by atoms with Crippen molar-refractivity contribution >= 4 is 46.6 Å². The zero-order valence-electron chi connectivity index (χ0n) is 16.0. The highest BCUT2D eigenvalue weighted by Crippen LogP contribution is 2.59. The lowest BCUT2D eigenvalue weighted by atomic mass is 9.76. The highest BCUT2D eigenvalue weighted by Gasteiger charge is 2.74. The molecule has 160 valence electrons. The number of nitrogens with zero attached hydrogens (tertiary/aromatic N) is 1. The Kier molecular flexibility index (Phi) is 5.81. The van der Waals surface area contributed by atoms with Crippen molar-refractivity contribution in [3.8, 4) is 0 Å². The van der Waals surface area contributed by atoms with Crippen LogP contribution in [-0.2, 0) is 10.4 Å². The van der Waals surface area contributed by atoms with Gasteiger partial charge >= 0.3 is 12.1 Å². The number of rotatable bonds is 4. The van der Waals surface area contributed by atoms with Gasteiger partial charge in [0.25, 0.3) is 5.60 Å². The minimum atomic E-state index is -4.87. The first-order valence-corrected chi connectivity index (χ1v) is 10.5. The fraction of sp³-hybridized carbons (Fsp3) is 0.300. The van der Waals surface area contributed by atoms with E-state index in [2.05, 4.69) is 5.16 Å². The molecule has 1 N–H and O–H groups in total. The smallest absolute Gasteiger partial charge is 0.437 e. The summed E-state index contributed by atoms with van der Waals surface area (Å²) in [4.78, 5) is 16.5. The van der Waals surface area contributed by atoms with Gasteiger partial charge in [0, 0.05) is 21.2 Å². The summed E-state index contributed by atoms with van der Waals surface area (Å²) < 4.78 is 42.1. The fourth-order valence-corrected chi connectivity index (χ4v) is 5.08. The maximum Gasteiger partial charge on any atom is 0.437 e. The first-order valence-electron chi connectivity index (χ1n) is 8.57. The SMILES string of the molecule is CSC1(C)C(c2ccc(C(=O)O)c(C)c2)=NOC1(c1cc(Cl)cc(Cl)c1)C(F)(F)F. The quantitative estimate of drug-likeness (QED) is 0.559. The summed E-state index contributed by atoms with van der Waals surface area (Å²) in [6, 6.07) is 7.89. The van der Waals surface area contributed by atoms with E-state index in [1.54, 1.807) is 6.92 Å². The lowest BCUT2D eigenvalue weighted by molar-refractivity contribution is -0.282. The average molecular weight is 478 g/mol. The summed E-state index contributed by atoms with van der Waals surface area (Å²) in [5.41, 5.74) is -2.34. The van der Waals surface area contributed by atoms with Crippen molar-refractivity contribution < 1.29 is 27.9 Å². The zero-order chi connectivity index (χ0) is 22.5. The summed E-state index contributed by atoms with van der Waals surface area (Å²) in [6.07, 6.45) is -3.35. The summed E-state index contributed by atoms with van der Waals surface area (Å²) in [5, 5.41) is 13.1. The second-order valence-electron chi connectivity index (χ2n) is 6.94. The zero-order valence-corrected chi connectivity index (χ0v) is 18.3. The summed E-state index contributed by atoms with van der Waals surface area (Å²) in [5.74, 6) is -1.13. The maximum atomic E-state index is 14.6. The van der Waals surface area contributed by atoms with Gasteiger partial charge in [-0.2, -0.15) is 13.2 Å². The fourth-order valence-electron chi connectivity index (χ4n) is 3.65. The van der Waals surface area contributed by atoms with Crippen molar-refractivity contribution in [2.45, 2.75) is 30.4 Å². The number of benzene rings is 2. The molecule has 0 bridgehead atoms. The Bertz CT molecular complexity index is 1040. The van der Waals surface area contributed by atoms with Gasteiger partial charge in [-0.25, -0.2) is 4.79 Å². The van der Waals surface area contributed by atoms with E-state index in [0.717, 1.165) is 23.9 Å². The number of hydrogen-bond acceptors (Lipinski definition) is 4. The Morgan fingerprint density at radius 1 is 1.17 bits per heavy atom. The second kappa shape index (κ2) is 7.66. The van der Waals surface area contributed by atoms with Gasteiger partial charge in [-0.1, -0.05) is 34.4 Å². The van der Waals surface area contributed by atoms with Gasteiger partial charge in [0.1, 0.15) is 10.5 Å². The van der Waals surface area contributed by atoms with E-state index >= 15 is 0 Å². The molecule has 0 aliphatic carbocycles. The van der Waals surface area contributed by atoms with Gasteiger partial charge < -0.3 is 9.94 Å². The van der Waals surface area contributed by atoms with Crippen LogP contribution in [0.3, 0.4) is 0 Å². The molecular formula is C20H16Cl2F3NO3S. The summed E-state index contributed by atoms with van der Waals surface area (Å²) >= 11 is 12.9. The molecule has 10 heteroatoms. The number of thioether (sulfide) groups is 1. The molecule has 0 spiro atoms. The lowest BCUT2D eigenvalue weighted by Crippen LogP contribution is -2.58. The van der Waals surface area contributed by atoms with Crippen molar-refractivity contribution in [3.63, 3.8) is 0 Å². The molecule has 2 aromatic rings. The third-order valence-electron chi connectivity index (χ3n) is 5.20. The minimum absolute atomic E-state index is 0.0308. The molecule has 30 heavy (non-hydrogen) atoms. The molecule has 1 heterocycles. The van der Waals surface area contributed by atoms with Crippen LogP contribution in [0.1, 0.15) is 34.0 Å². The van der Waals surface area contributed by atoms with Gasteiger partial charge in [-0.3, -0.25) is 0 Å². The predicted molar refractivity (Wildman–Crippen MR) is 112 cm³/mol. The first kappa shape index (κ1) is 22.8. The molecule has 0 fully saturated rings. The Morgan fingerprint density at radius 3 is 2.23 bits per heavy atom. The van der Waals surface area contributed by atoms with Crippen LogP contribution in [0.2, 0.25) is 10.0 Å². The van der Waals surface area contributed by atoms with Gasteiger partial charge in [-0.15, -0.1) is 11.8 Å². The third-order valence-corrected chi connectivity index (χ3v) is 6.94. The first-order chi connectivity index (χ1) is 13.9. The molecule has 0 aromatic heterocycles. The van der Waals surface area contributed by atoms with Crippen LogP contribution in [0.5, 0.6) is 0 Å². The monoisotopic (exact) mass is 477 g/mol. The molecule has 0 saturated carbocycles. The van der Waals surface area contributed by atoms with Crippen molar-refractivity contribution in [3.05, 3.63) is 68.7 Å². The largest absolute Gasteiger partial charge is 0.478 e. The number of carboxylic acids is 1. The molecule has 1 aliphatic heterocycles. The Balaban J connectivity index is 2.24. The minimum Gasteiger partial charge on any atom is -0.478 e. The molecule has 2 unspecified atom stereocenters. The highest BCUT2D eigenvalue weighted by atomic mass is 35.5. The van der Waals surface area contributed by atoms with E-state index in [-0.39, 0.29) is 26.9 Å². The van der Waals surface area contributed by atoms with E-state index in [1.165, 1.54) is 37.4 Å². The molecule has 2 atom stereocenters. The number of aromatic carboxylic acids is 1. The van der Waals surface area contributed by atoms with E-state index in [0.29, 0.717) is 11.1 Å². The van der Waals surface area contributed by atoms with Crippen LogP contribution in [0.15, 0.2) is 41.6 Å². The van der Waals surface area contributed by atoms with Gasteiger partial charge in [-0.05, 0) is 56.0 Å². The molecule has 2 aromatic carbocycles. The van der Waals surface area contributed by atoms with E-state index in [4.69, 9.17) is 28.0 Å². The molecule has 0 saturated heterocycles. The molecule has 1 aliphatic rings. The van der Waals surface area contributed by atoms with Crippen LogP contribution < -0.4 is 0 Å². The molecule has 4 nitrogen and oxygen atoms in total. The Hall–Kier alpha value is -1.90. The van der Waals surface area contributed by atoms with Crippen molar-refractivity contribution in [1.82, 2.24) is 0 Å². The van der Waals surface area contributed by atoms with Crippen LogP contribution >= 0.6 is 35.0 Å². The van der Waals surface area contributed by atoms with Gasteiger partial charge in [0.05, 0.1) is 5.56 Å². The number of carboxylic acid groups (broad SMARTS) is 1.